The Morgan fingerprint density at radius 3 is 2.23 bits per heavy atom. The third-order valence-corrected chi connectivity index (χ3v) is 14.1. The van der Waals surface area contributed by atoms with E-state index in [-0.39, 0.29) is 23.5 Å². The lowest BCUT2D eigenvalue weighted by molar-refractivity contribution is 0.0145. The van der Waals surface area contributed by atoms with Crippen molar-refractivity contribution in [2.24, 2.45) is 11.3 Å². The molecule has 6 heteroatoms. The van der Waals surface area contributed by atoms with Gasteiger partial charge in [0.15, 0.2) is 18.2 Å². The lowest BCUT2D eigenvalue weighted by Crippen LogP contribution is -2.54. The van der Waals surface area contributed by atoms with Crippen molar-refractivity contribution in [2.75, 3.05) is 0 Å². The molecule has 31 heavy (non-hydrogen) atoms. The standard InChI is InChI=1S/C25H42O4SSi/c1-18-15-16-22(29-31(8,9)24(3,4)5)25(6,7)23(18)21(17-19(2)26)30(27,28)20-13-11-10-12-14-20/h10-15,19,21-23,26H,16-17H2,1-9H3/t19?,21?,22-,23-/m0/s1. The first-order valence-electron chi connectivity index (χ1n) is 11.3. The van der Waals surface area contributed by atoms with Gasteiger partial charge in [0, 0.05) is 5.92 Å². The van der Waals surface area contributed by atoms with Crippen LogP contribution in [0.2, 0.25) is 18.1 Å². The summed E-state index contributed by atoms with van der Waals surface area (Å²) in [5.41, 5.74) is 0.681. The quantitative estimate of drug-likeness (QED) is 0.396. The molecule has 1 aromatic rings. The van der Waals surface area contributed by atoms with Crippen LogP contribution in [0, 0.1) is 11.3 Å². The van der Waals surface area contributed by atoms with Gasteiger partial charge in [-0.2, -0.15) is 0 Å². The number of allylic oxidation sites excluding steroid dienone is 1. The lowest BCUT2D eigenvalue weighted by atomic mass is 9.65. The van der Waals surface area contributed by atoms with Crippen LogP contribution in [0.15, 0.2) is 46.9 Å². The fourth-order valence-corrected chi connectivity index (χ4v) is 8.38. The average Bonchev–Trinajstić information content (AvgIpc) is 2.62. The summed E-state index contributed by atoms with van der Waals surface area (Å²) in [7, 11) is -5.68. The Labute approximate surface area is 191 Å². The zero-order valence-electron chi connectivity index (χ0n) is 20.8. The van der Waals surface area contributed by atoms with Gasteiger partial charge >= 0.3 is 0 Å². The summed E-state index contributed by atoms with van der Waals surface area (Å²) in [6.45, 7) is 19.2. The number of hydrogen-bond acceptors (Lipinski definition) is 4. The van der Waals surface area contributed by atoms with E-state index in [0.717, 1.165) is 12.0 Å². The molecule has 4 atom stereocenters. The Morgan fingerprint density at radius 2 is 1.74 bits per heavy atom. The van der Waals surface area contributed by atoms with Crippen molar-refractivity contribution in [1.29, 1.82) is 0 Å². The van der Waals surface area contributed by atoms with E-state index in [9.17, 15) is 13.5 Å². The van der Waals surface area contributed by atoms with Gasteiger partial charge in [-0.25, -0.2) is 8.42 Å². The van der Waals surface area contributed by atoms with Crippen LogP contribution < -0.4 is 0 Å². The van der Waals surface area contributed by atoms with Crippen LogP contribution in [-0.4, -0.2) is 39.3 Å². The summed E-state index contributed by atoms with van der Waals surface area (Å²) in [6, 6.07) is 8.64. The summed E-state index contributed by atoms with van der Waals surface area (Å²) < 4.78 is 34.4. The van der Waals surface area contributed by atoms with Crippen LogP contribution in [0.5, 0.6) is 0 Å². The normalized spacial score (nSPS) is 24.4. The summed E-state index contributed by atoms with van der Waals surface area (Å²) in [5.74, 6) is -0.240. The maximum Gasteiger partial charge on any atom is 0.192 e. The monoisotopic (exact) mass is 466 g/mol. The minimum absolute atomic E-state index is 0.0652. The third kappa shape index (κ3) is 5.52. The van der Waals surface area contributed by atoms with Crippen LogP contribution in [0.3, 0.4) is 0 Å². The Balaban J connectivity index is 2.55. The van der Waals surface area contributed by atoms with E-state index in [2.05, 4.69) is 53.8 Å². The fourth-order valence-electron chi connectivity index (χ4n) is 4.58. The zero-order chi connectivity index (χ0) is 23.8. The highest BCUT2D eigenvalue weighted by atomic mass is 32.2. The van der Waals surface area contributed by atoms with Gasteiger partial charge in [-0.15, -0.1) is 0 Å². The van der Waals surface area contributed by atoms with Gasteiger partial charge in [-0.1, -0.05) is 64.5 Å². The Bertz CT molecular complexity index is 880. The van der Waals surface area contributed by atoms with Gasteiger partial charge in [0.25, 0.3) is 0 Å². The molecule has 176 valence electrons. The van der Waals surface area contributed by atoms with Crippen LogP contribution in [0.4, 0.5) is 0 Å². The lowest BCUT2D eigenvalue weighted by Gasteiger charge is -2.51. The van der Waals surface area contributed by atoms with Crippen molar-refractivity contribution in [3.8, 4) is 0 Å². The molecule has 0 fully saturated rings. The maximum atomic E-state index is 13.8. The molecule has 1 aliphatic rings. The van der Waals surface area contributed by atoms with E-state index in [1.165, 1.54) is 0 Å². The summed E-state index contributed by atoms with van der Waals surface area (Å²) in [5, 5.41) is 9.63. The molecule has 0 spiro atoms. The number of benzene rings is 1. The summed E-state index contributed by atoms with van der Waals surface area (Å²) >= 11 is 0. The van der Waals surface area contributed by atoms with E-state index in [4.69, 9.17) is 4.43 Å². The topological polar surface area (TPSA) is 63.6 Å². The third-order valence-electron chi connectivity index (χ3n) is 7.43. The summed E-state index contributed by atoms with van der Waals surface area (Å²) in [6.07, 6.45) is 2.36. The van der Waals surface area contributed by atoms with Crippen molar-refractivity contribution in [3.63, 3.8) is 0 Å². The summed E-state index contributed by atoms with van der Waals surface area (Å²) in [4.78, 5) is 0.316. The molecule has 0 aliphatic heterocycles. The second kappa shape index (κ2) is 9.12. The van der Waals surface area contributed by atoms with Gasteiger partial charge in [-0.05, 0) is 62.4 Å². The number of sulfone groups is 1. The van der Waals surface area contributed by atoms with Crippen LogP contribution in [0.1, 0.15) is 61.3 Å². The van der Waals surface area contributed by atoms with E-state index in [0.29, 0.717) is 4.90 Å². The molecule has 0 saturated heterocycles. The molecule has 1 aliphatic carbocycles. The van der Waals surface area contributed by atoms with Crippen molar-refractivity contribution < 1.29 is 18.0 Å². The van der Waals surface area contributed by atoms with Gasteiger partial charge in [0.1, 0.15) is 0 Å². The average molecular weight is 467 g/mol. The Morgan fingerprint density at radius 1 is 1.19 bits per heavy atom. The largest absolute Gasteiger partial charge is 0.413 e. The molecule has 2 rings (SSSR count). The number of hydrogen-bond donors (Lipinski definition) is 1. The molecule has 0 saturated carbocycles. The minimum atomic E-state index is -3.64. The number of rotatable bonds is 7. The molecule has 0 bridgehead atoms. The SMILES string of the molecule is CC1=CC[C@H](O[Si](C)(C)C(C)(C)C)C(C)(C)[C@@H]1C(CC(C)O)S(=O)(=O)c1ccccc1. The molecule has 0 aromatic heterocycles. The predicted octanol–water partition coefficient (Wildman–Crippen LogP) is 5.98. The number of aliphatic hydroxyl groups excluding tert-OH is 1. The fraction of sp³-hybridized carbons (Fsp3) is 0.680. The molecular formula is C25H42O4SSi. The molecule has 1 N–H and O–H groups in total. The number of aliphatic hydroxyl groups is 1. The first kappa shape index (κ1) is 26.3. The van der Waals surface area contributed by atoms with Gasteiger partial charge < -0.3 is 9.53 Å². The van der Waals surface area contributed by atoms with E-state index in [1.807, 2.05) is 13.0 Å². The molecule has 0 heterocycles. The second-order valence-corrected chi connectivity index (χ2v) is 18.3. The minimum Gasteiger partial charge on any atom is -0.413 e. The molecule has 2 unspecified atom stereocenters. The Kier molecular flexibility index (Phi) is 7.74. The predicted molar refractivity (Wildman–Crippen MR) is 131 cm³/mol. The van der Waals surface area contributed by atoms with Crippen molar-refractivity contribution in [2.45, 2.75) is 102 Å². The molecule has 0 amide bonds. The van der Waals surface area contributed by atoms with Crippen molar-refractivity contribution >= 4 is 18.2 Å². The highest BCUT2D eigenvalue weighted by Crippen LogP contribution is 2.50. The van der Waals surface area contributed by atoms with Crippen molar-refractivity contribution in [1.82, 2.24) is 0 Å². The van der Waals surface area contributed by atoms with E-state index >= 15 is 0 Å². The molecule has 4 nitrogen and oxygen atoms in total. The molecular weight excluding hydrogens is 424 g/mol. The van der Waals surface area contributed by atoms with Crippen LogP contribution in [0.25, 0.3) is 0 Å². The molecule has 1 aromatic carbocycles. The molecule has 0 radical (unpaired) electrons. The zero-order valence-corrected chi connectivity index (χ0v) is 22.6. The van der Waals surface area contributed by atoms with Gasteiger partial charge in [0.2, 0.25) is 0 Å². The first-order valence-corrected chi connectivity index (χ1v) is 15.8. The highest BCUT2D eigenvalue weighted by molar-refractivity contribution is 7.92. The first-order chi connectivity index (χ1) is 14.0. The second-order valence-electron chi connectivity index (χ2n) is 11.3. The van der Waals surface area contributed by atoms with Gasteiger partial charge in [-0.3, -0.25) is 0 Å². The Hall–Kier alpha value is -0.953. The maximum absolute atomic E-state index is 13.8. The van der Waals surface area contributed by atoms with Crippen molar-refractivity contribution in [3.05, 3.63) is 42.0 Å². The smallest absolute Gasteiger partial charge is 0.192 e. The highest BCUT2D eigenvalue weighted by Gasteiger charge is 2.51. The van der Waals surface area contributed by atoms with Crippen LogP contribution >= 0.6 is 0 Å². The van der Waals surface area contributed by atoms with E-state index < -0.39 is 34.9 Å². The van der Waals surface area contributed by atoms with E-state index in [1.54, 1.807) is 31.2 Å². The van der Waals surface area contributed by atoms with Gasteiger partial charge in [0.05, 0.1) is 22.4 Å². The van der Waals surface area contributed by atoms with Crippen LogP contribution in [-0.2, 0) is 14.3 Å².